The summed E-state index contributed by atoms with van der Waals surface area (Å²) in [6, 6.07) is 9.00. The Hall–Kier alpha value is -3.14. The van der Waals surface area contributed by atoms with Crippen molar-refractivity contribution in [1.29, 1.82) is 0 Å². The van der Waals surface area contributed by atoms with Crippen LogP contribution in [0.15, 0.2) is 30.3 Å². The fourth-order valence-corrected chi connectivity index (χ4v) is 3.97. The minimum Gasteiger partial charge on any atom is -0.464 e. The highest BCUT2D eigenvalue weighted by Crippen LogP contribution is 2.46. The summed E-state index contributed by atoms with van der Waals surface area (Å²) in [5, 5.41) is 2.60. The molecule has 0 spiro atoms. The summed E-state index contributed by atoms with van der Waals surface area (Å²) < 4.78 is 16.2. The number of nitrogens with zero attached hydrogens (tertiary/aromatic N) is 2. The number of nitrogens with one attached hydrogen (secondary N) is 1. The van der Waals surface area contributed by atoms with Gasteiger partial charge in [-0.25, -0.2) is 4.79 Å². The lowest BCUT2D eigenvalue weighted by Crippen LogP contribution is -2.58. The van der Waals surface area contributed by atoms with E-state index in [0.717, 1.165) is 18.4 Å². The minimum absolute atomic E-state index is 0.0492. The molecule has 2 amide bonds. The third kappa shape index (κ3) is 9.35. The molecule has 1 N–H and O–H groups in total. The fraction of sp³-hybridized carbons (Fsp3) is 0.630. The standard InChI is InChI=1S/C27H39N3O7/c1-26(2,3)37-23(32)17-29-14-15-30(16-21(29)19-35-24(33)27(4)11-12-27)22(31)10-13-28-25(34)36-18-20-8-6-5-7-9-20/h5-9,21H,10-19H2,1-4H3,(H,28,34). The van der Waals surface area contributed by atoms with Crippen LogP contribution in [0.2, 0.25) is 0 Å². The van der Waals surface area contributed by atoms with Crippen molar-refractivity contribution in [3.8, 4) is 0 Å². The van der Waals surface area contributed by atoms with Crippen LogP contribution >= 0.6 is 0 Å². The van der Waals surface area contributed by atoms with E-state index in [1.807, 2.05) is 62.9 Å². The summed E-state index contributed by atoms with van der Waals surface area (Å²) in [5.41, 5.74) is -0.145. The number of benzene rings is 1. The molecule has 1 aromatic rings. The summed E-state index contributed by atoms with van der Waals surface area (Å²) >= 11 is 0. The molecule has 2 aliphatic rings. The number of piperazine rings is 1. The maximum atomic E-state index is 12.8. The number of alkyl carbamates (subject to hydrolysis) is 1. The lowest BCUT2D eigenvalue weighted by molar-refractivity contribution is -0.159. The number of hydrogen-bond donors (Lipinski definition) is 1. The van der Waals surface area contributed by atoms with E-state index in [-0.39, 0.29) is 56.6 Å². The molecule has 204 valence electrons. The van der Waals surface area contributed by atoms with Crippen LogP contribution in [0.1, 0.15) is 52.5 Å². The monoisotopic (exact) mass is 517 g/mol. The van der Waals surface area contributed by atoms with Crippen LogP contribution in [-0.2, 0) is 35.2 Å². The smallest absolute Gasteiger partial charge is 0.407 e. The van der Waals surface area contributed by atoms with E-state index in [2.05, 4.69) is 5.32 Å². The van der Waals surface area contributed by atoms with E-state index in [9.17, 15) is 19.2 Å². The van der Waals surface area contributed by atoms with Crippen LogP contribution in [0.4, 0.5) is 4.79 Å². The van der Waals surface area contributed by atoms with Crippen LogP contribution in [0.5, 0.6) is 0 Å². The van der Waals surface area contributed by atoms with Crippen molar-refractivity contribution in [2.24, 2.45) is 5.41 Å². The highest BCUT2D eigenvalue weighted by atomic mass is 16.6. The summed E-state index contributed by atoms with van der Waals surface area (Å²) in [6.45, 7) is 8.90. The fourth-order valence-electron chi connectivity index (χ4n) is 3.97. The van der Waals surface area contributed by atoms with Gasteiger partial charge in [-0.3, -0.25) is 19.3 Å². The predicted molar refractivity (Wildman–Crippen MR) is 135 cm³/mol. The second-order valence-corrected chi connectivity index (χ2v) is 10.9. The number of hydrogen-bond acceptors (Lipinski definition) is 8. The maximum Gasteiger partial charge on any atom is 0.407 e. The molecule has 3 rings (SSSR count). The van der Waals surface area contributed by atoms with Crippen molar-refractivity contribution < 1.29 is 33.4 Å². The van der Waals surface area contributed by atoms with Crippen LogP contribution < -0.4 is 5.32 Å². The van der Waals surface area contributed by atoms with Gasteiger partial charge < -0.3 is 24.4 Å². The van der Waals surface area contributed by atoms with Gasteiger partial charge in [-0.1, -0.05) is 30.3 Å². The quantitative estimate of drug-likeness (QED) is 0.372. The van der Waals surface area contributed by atoms with Gasteiger partial charge >= 0.3 is 18.0 Å². The number of amides is 2. The second-order valence-electron chi connectivity index (χ2n) is 10.9. The van der Waals surface area contributed by atoms with E-state index in [0.29, 0.717) is 19.6 Å². The first-order chi connectivity index (χ1) is 17.4. The van der Waals surface area contributed by atoms with E-state index >= 15 is 0 Å². The topological polar surface area (TPSA) is 114 Å². The third-order valence-corrected chi connectivity index (χ3v) is 6.43. The molecule has 1 unspecified atom stereocenters. The average molecular weight is 518 g/mol. The maximum absolute atomic E-state index is 12.8. The molecule has 1 aromatic carbocycles. The molecule has 37 heavy (non-hydrogen) atoms. The Labute approximate surface area is 218 Å². The van der Waals surface area contributed by atoms with Crippen molar-refractivity contribution in [3.63, 3.8) is 0 Å². The minimum atomic E-state index is -0.605. The molecule has 1 heterocycles. The first kappa shape index (κ1) is 28.4. The van der Waals surface area contributed by atoms with Crippen LogP contribution in [0.3, 0.4) is 0 Å². The molecule has 1 atom stereocenters. The predicted octanol–water partition coefficient (Wildman–Crippen LogP) is 2.50. The third-order valence-electron chi connectivity index (χ3n) is 6.43. The number of esters is 2. The van der Waals surface area contributed by atoms with Gasteiger partial charge in [0.2, 0.25) is 5.91 Å². The van der Waals surface area contributed by atoms with Gasteiger partial charge in [0, 0.05) is 32.6 Å². The van der Waals surface area contributed by atoms with E-state index < -0.39 is 17.1 Å². The Morgan fingerprint density at radius 2 is 1.76 bits per heavy atom. The van der Waals surface area contributed by atoms with Crippen LogP contribution in [0, 0.1) is 5.41 Å². The van der Waals surface area contributed by atoms with Gasteiger partial charge in [0.1, 0.15) is 18.8 Å². The molecule has 2 fully saturated rings. The molecule has 10 nitrogen and oxygen atoms in total. The lowest BCUT2D eigenvalue weighted by Gasteiger charge is -2.41. The largest absolute Gasteiger partial charge is 0.464 e. The van der Waals surface area contributed by atoms with Gasteiger partial charge in [-0.2, -0.15) is 0 Å². The summed E-state index contributed by atoms with van der Waals surface area (Å²) in [4.78, 5) is 53.2. The van der Waals surface area contributed by atoms with Crippen molar-refractivity contribution in [2.75, 3.05) is 39.3 Å². The highest BCUT2D eigenvalue weighted by molar-refractivity contribution is 5.79. The van der Waals surface area contributed by atoms with E-state index in [1.165, 1.54) is 0 Å². The molecule has 0 bridgehead atoms. The Morgan fingerprint density at radius 3 is 2.41 bits per heavy atom. The summed E-state index contributed by atoms with van der Waals surface area (Å²) in [5.74, 6) is -0.742. The Bertz CT molecular complexity index is 956. The molecule has 1 aliphatic heterocycles. The Kier molecular flexibility index (Phi) is 9.53. The SMILES string of the molecule is CC(C)(C)OC(=O)CN1CCN(C(=O)CCNC(=O)OCc2ccccc2)CC1COC(=O)C1(C)CC1. The number of rotatable bonds is 10. The molecule has 1 saturated heterocycles. The zero-order valence-electron chi connectivity index (χ0n) is 22.3. The summed E-state index contributed by atoms with van der Waals surface area (Å²) in [6.07, 6.45) is 1.14. The van der Waals surface area contributed by atoms with E-state index in [1.54, 1.807) is 4.90 Å². The van der Waals surface area contributed by atoms with Crippen molar-refractivity contribution in [1.82, 2.24) is 15.1 Å². The molecule has 10 heteroatoms. The van der Waals surface area contributed by atoms with Crippen molar-refractivity contribution >= 4 is 23.9 Å². The molecule has 0 radical (unpaired) electrons. The van der Waals surface area contributed by atoms with Crippen molar-refractivity contribution in [3.05, 3.63) is 35.9 Å². The zero-order valence-corrected chi connectivity index (χ0v) is 22.3. The average Bonchev–Trinajstić information content (AvgIpc) is 3.59. The Balaban J connectivity index is 1.48. The summed E-state index contributed by atoms with van der Waals surface area (Å²) in [7, 11) is 0. The second kappa shape index (κ2) is 12.4. The number of carbonyl (C=O) groups excluding carboxylic acids is 4. The van der Waals surface area contributed by atoms with Gasteiger partial charge in [0.25, 0.3) is 0 Å². The molecule has 0 aromatic heterocycles. The van der Waals surface area contributed by atoms with Crippen molar-refractivity contribution in [2.45, 2.75) is 65.2 Å². The zero-order chi connectivity index (χ0) is 27.1. The lowest BCUT2D eigenvalue weighted by atomic mass is 10.1. The van der Waals surface area contributed by atoms with E-state index in [4.69, 9.17) is 14.2 Å². The highest BCUT2D eigenvalue weighted by Gasteiger charge is 2.47. The van der Waals surface area contributed by atoms with Gasteiger partial charge in [0.05, 0.1) is 18.0 Å². The molecule has 1 saturated carbocycles. The Morgan fingerprint density at radius 1 is 1.05 bits per heavy atom. The number of ether oxygens (including phenoxy) is 3. The normalized spacial score (nSPS) is 19.0. The number of carbonyl (C=O) groups is 4. The molecular weight excluding hydrogens is 478 g/mol. The van der Waals surface area contributed by atoms with Gasteiger partial charge in [0.15, 0.2) is 0 Å². The van der Waals surface area contributed by atoms with Gasteiger partial charge in [-0.05, 0) is 46.1 Å². The van der Waals surface area contributed by atoms with Crippen LogP contribution in [-0.4, -0.2) is 84.7 Å². The first-order valence-corrected chi connectivity index (χ1v) is 12.8. The van der Waals surface area contributed by atoms with Gasteiger partial charge in [-0.15, -0.1) is 0 Å². The molecule has 1 aliphatic carbocycles. The van der Waals surface area contributed by atoms with Crippen LogP contribution in [0.25, 0.3) is 0 Å². The first-order valence-electron chi connectivity index (χ1n) is 12.8. The molecular formula is C27H39N3O7.